The normalized spacial score (nSPS) is 24.2. The second-order valence-corrected chi connectivity index (χ2v) is 5.60. The number of ether oxygens (including phenoxy) is 1. The third-order valence-corrected chi connectivity index (χ3v) is 3.48. The third-order valence-electron chi connectivity index (χ3n) is 3.48. The summed E-state index contributed by atoms with van der Waals surface area (Å²) in [5.41, 5.74) is 5.94. The van der Waals surface area contributed by atoms with Gasteiger partial charge in [-0.3, -0.25) is 4.79 Å². The maximum absolute atomic E-state index is 11.6. The van der Waals surface area contributed by atoms with Crippen molar-refractivity contribution in [2.24, 2.45) is 11.7 Å². The first kappa shape index (κ1) is 15.4. The molecule has 1 aliphatic rings. The van der Waals surface area contributed by atoms with Crippen LogP contribution in [0, 0.1) is 5.92 Å². The van der Waals surface area contributed by atoms with Gasteiger partial charge < -0.3 is 15.8 Å². The summed E-state index contributed by atoms with van der Waals surface area (Å²) in [7, 11) is 0. The van der Waals surface area contributed by atoms with Crippen LogP contribution >= 0.6 is 0 Å². The Morgan fingerprint density at radius 2 is 2.22 bits per heavy atom. The number of carbonyl (C=O) groups excluding carboxylic acids is 1. The van der Waals surface area contributed by atoms with Crippen LogP contribution in [0.2, 0.25) is 0 Å². The van der Waals surface area contributed by atoms with E-state index in [9.17, 15) is 4.79 Å². The van der Waals surface area contributed by atoms with Gasteiger partial charge in [-0.1, -0.05) is 12.8 Å². The highest BCUT2D eigenvalue weighted by Gasteiger charge is 2.19. The molecule has 2 unspecified atom stereocenters. The Hall–Kier alpha value is -0.610. The SMILES string of the molecule is CC(C)OCCNC(=O)CCC1CCCC(N)C1. The molecule has 0 aromatic carbocycles. The number of carbonyl (C=O) groups is 1. The first-order valence-electron chi connectivity index (χ1n) is 7.21. The van der Waals surface area contributed by atoms with Gasteiger partial charge in [-0.15, -0.1) is 0 Å². The van der Waals surface area contributed by atoms with Crippen molar-refractivity contribution in [1.82, 2.24) is 5.32 Å². The highest BCUT2D eigenvalue weighted by Crippen LogP contribution is 2.26. The van der Waals surface area contributed by atoms with Gasteiger partial charge in [0.15, 0.2) is 0 Å². The molecule has 0 radical (unpaired) electrons. The molecule has 0 heterocycles. The molecule has 4 nitrogen and oxygen atoms in total. The molecule has 1 saturated carbocycles. The Balaban J connectivity index is 2.02. The number of rotatable bonds is 7. The second-order valence-electron chi connectivity index (χ2n) is 5.60. The number of nitrogens with one attached hydrogen (secondary N) is 1. The molecule has 0 bridgehead atoms. The summed E-state index contributed by atoms with van der Waals surface area (Å²) >= 11 is 0. The average Bonchev–Trinajstić information content (AvgIpc) is 2.32. The number of hydrogen-bond acceptors (Lipinski definition) is 3. The van der Waals surface area contributed by atoms with E-state index in [1.807, 2.05) is 13.8 Å². The molecule has 0 aliphatic heterocycles. The summed E-state index contributed by atoms with van der Waals surface area (Å²) < 4.78 is 5.37. The first-order chi connectivity index (χ1) is 8.58. The van der Waals surface area contributed by atoms with Crippen LogP contribution in [0.3, 0.4) is 0 Å². The second kappa shape index (κ2) is 8.48. The molecular weight excluding hydrogens is 228 g/mol. The van der Waals surface area contributed by atoms with Crippen molar-refractivity contribution in [2.75, 3.05) is 13.2 Å². The maximum Gasteiger partial charge on any atom is 0.220 e. The van der Waals surface area contributed by atoms with Crippen LogP contribution in [0.25, 0.3) is 0 Å². The summed E-state index contributed by atoms with van der Waals surface area (Å²) in [6, 6.07) is 0.353. The van der Waals surface area contributed by atoms with Crippen molar-refractivity contribution in [2.45, 2.75) is 64.5 Å². The monoisotopic (exact) mass is 256 g/mol. The number of amides is 1. The summed E-state index contributed by atoms with van der Waals surface area (Å²) in [6.45, 7) is 5.20. The van der Waals surface area contributed by atoms with E-state index in [1.54, 1.807) is 0 Å². The van der Waals surface area contributed by atoms with Crippen molar-refractivity contribution in [3.8, 4) is 0 Å². The van der Waals surface area contributed by atoms with Crippen LogP contribution < -0.4 is 11.1 Å². The molecule has 1 amide bonds. The van der Waals surface area contributed by atoms with Gasteiger partial charge in [0.1, 0.15) is 0 Å². The average molecular weight is 256 g/mol. The van der Waals surface area contributed by atoms with Crippen LogP contribution in [0.15, 0.2) is 0 Å². The van der Waals surface area contributed by atoms with Gasteiger partial charge in [-0.05, 0) is 39.0 Å². The van der Waals surface area contributed by atoms with E-state index >= 15 is 0 Å². The van der Waals surface area contributed by atoms with E-state index in [4.69, 9.17) is 10.5 Å². The lowest BCUT2D eigenvalue weighted by Crippen LogP contribution is -2.30. The van der Waals surface area contributed by atoms with Crippen molar-refractivity contribution in [3.63, 3.8) is 0 Å². The molecule has 2 atom stereocenters. The summed E-state index contributed by atoms with van der Waals surface area (Å²) in [6.07, 6.45) is 6.51. The molecule has 106 valence electrons. The van der Waals surface area contributed by atoms with Gasteiger partial charge >= 0.3 is 0 Å². The summed E-state index contributed by atoms with van der Waals surface area (Å²) in [4.78, 5) is 11.6. The van der Waals surface area contributed by atoms with Gasteiger partial charge in [0.2, 0.25) is 5.91 Å². The molecule has 0 saturated heterocycles. The molecule has 1 fully saturated rings. The van der Waals surface area contributed by atoms with E-state index in [1.165, 1.54) is 12.8 Å². The van der Waals surface area contributed by atoms with Crippen molar-refractivity contribution in [3.05, 3.63) is 0 Å². The lowest BCUT2D eigenvalue weighted by molar-refractivity contribution is -0.121. The highest BCUT2D eigenvalue weighted by molar-refractivity contribution is 5.75. The van der Waals surface area contributed by atoms with E-state index in [0.29, 0.717) is 31.5 Å². The van der Waals surface area contributed by atoms with Gasteiger partial charge in [0.25, 0.3) is 0 Å². The molecule has 4 heteroatoms. The fourth-order valence-corrected chi connectivity index (χ4v) is 2.50. The molecule has 0 spiro atoms. The quantitative estimate of drug-likeness (QED) is 0.683. The largest absolute Gasteiger partial charge is 0.377 e. The molecule has 18 heavy (non-hydrogen) atoms. The van der Waals surface area contributed by atoms with Gasteiger partial charge in [-0.25, -0.2) is 0 Å². The standard InChI is InChI=1S/C14H28N2O2/c1-11(2)18-9-8-16-14(17)7-6-12-4-3-5-13(15)10-12/h11-13H,3-10,15H2,1-2H3,(H,16,17). The zero-order valence-electron chi connectivity index (χ0n) is 11.8. The number of hydrogen-bond donors (Lipinski definition) is 2. The van der Waals surface area contributed by atoms with Gasteiger partial charge in [-0.2, -0.15) is 0 Å². The highest BCUT2D eigenvalue weighted by atomic mass is 16.5. The zero-order chi connectivity index (χ0) is 13.4. The van der Waals surface area contributed by atoms with Crippen LogP contribution in [0.1, 0.15) is 52.4 Å². The maximum atomic E-state index is 11.6. The molecule has 1 aliphatic carbocycles. The fraction of sp³-hybridized carbons (Fsp3) is 0.929. The number of nitrogens with two attached hydrogens (primary N) is 1. The summed E-state index contributed by atoms with van der Waals surface area (Å²) in [5, 5.41) is 2.89. The smallest absolute Gasteiger partial charge is 0.220 e. The lowest BCUT2D eigenvalue weighted by Gasteiger charge is -2.26. The lowest BCUT2D eigenvalue weighted by atomic mass is 9.83. The molecule has 1 rings (SSSR count). The van der Waals surface area contributed by atoms with Crippen molar-refractivity contribution < 1.29 is 9.53 Å². The molecule has 0 aromatic heterocycles. The molecule has 3 N–H and O–H groups in total. The molecular formula is C14H28N2O2. The van der Waals surface area contributed by atoms with E-state index < -0.39 is 0 Å². The van der Waals surface area contributed by atoms with E-state index in [2.05, 4.69) is 5.32 Å². The van der Waals surface area contributed by atoms with Gasteiger partial charge in [0, 0.05) is 19.0 Å². The van der Waals surface area contributed by atoms with Crippen LogP contribution in [0.4, 0.5) is 0 Å². The van der Waals surface area contributed by atoms with Crippen molar-refractivity contribution in [1.29, 1.82) is 0 Å². The Morgan fingerprint density at radius 1 is 1.44 bits per heavy atom. The fourth-order valence-electron chi connectivity index (χ4n) is 2.50. The van der Waals surface area contributed by atoms with Gasteiger partial charge in [0.05, 0.1) is 12.7 Å². The van der Waals surface area contributed by atoms with E-state index in [-0.39, 0.29) is 12.0 Å². The Morgan fingerprint density at radius 3 is 2.89 bits per heavy atom. The van der Waals surface area contributed by atoms with Crippen LogP contribution in [-0.4, -0.2) is 31.2 Å². The minimum atomic E-state index is 0.140. The third kappa shape index (κ3) is 6.97. The first-order valence-corrected chi connectivity index (χ1v) is 7.21. The van der Waals surface area contributed by atoms with Crippen LogP contribution in [0.5, 0.6) is 0 Å². The Kier molecular flexibility index (Phi) is 7.28. The minimum absolute atomic E-state index is 0.140. The Bertz CT molecular complexity index is 244. The van der Waals surface area contributed by atoms with Crippen molar-refractivity contribution >= 4 is 5.91 Å². The van der Waals surface area contributed by atoms with Crippen LogP contribution in [-0.2, 0) is 9.53 Å². The predicted octanol–water partition coefficient (Wildman–Crippen LogP) is 1.83. The van der Waals surface area contributed by atoms with E-state index in [0.717, 1.165) is 19.3 Å². The summed E-state index contributed by atoms with van der Waals surface area (Å²) in [5.74, 6) is 0.785. The Labute approximate surface area is 111 Å². The topological polar surface area (TPSA) is 64.3 Å². The minimum Gasteiger partial charge on any atom is -0.377 e. The molecule has 0 aromatic rings. The predicted molar refractivity (Wildman–Crippen MR) is 73.3 cm³/mol. The zero-order valence-corrected chi connectivity index (χ0v) is 11.8.